The Bertz CT molecular complexity index is 619. The van der Waals surface area contributed by atoms with E-state index in [9.17, 15) is 9.59 Å². The molecular formula is C16H18N2O3. The predicted molar refractivity (Wildman–Crippen MR) is 77.8 cm³/mol. The molecule has 1 atom stereocenters. The zero-order valence-corrected chi connectivity index (χ0v) is 12.2. The van der Waals surface area contributed by atoms with E-state index in [0.717, 1.165) is 5.75 Å². The van der Waals surface area contributed by atoms with Crippen molar-refractivity contribution >= 4 is 11.7 Å². The first kappa shape index (κ1) is 13.7. The van der Waals surface area contributed by atoms with Crippen molar-refractivity contribution in [3.63, 3.8) is 0 Å². The summed E-state index contributed by atoms with van der Waals surface area (Å²) in [5.41, 5.74) is 1.32. The van der Waals surface area contributed by atoms with Crippen LogP contribution in [-0.4, -0.2) is 36.8 Å². The van der Waals surface area contributed by atoms with Crippen LogP contribution in [0.2, 0.25) is 0 Å². The van der Waals surface area contributed by atoms with E-state index in [4.69, 9.17) is 4.74 Å². The van der Waals surface area contributed by atoms with E-state index in [-0.39, 0.29) is 17.6 Å². The summed E-state index contributed by atoms with van der Waals surface area (Å²) >= 11 is 0. The van der Waals surface area contributed by atoms with Gasteiger partial charge >= 0.3 is 0 Å². The molecule has 0 bridgehead atoms. The van der Waals surface area contributed by atoms with E-state index in [1.165, 1.54) is 0 Å². The Kier molecular flexibility index (Phi) is 3.41. The lowest BCUT2D eigenvalue weighted by Gasteiger charge is -2.29. The van der Waals surface area contributed by atoms with Crippen LogP contribution in [0, 0.1) is 5.92 Å². The second-order valence-electron chi connectivity index (χ2n) is 5.41. The molecule has 21 heavy (non-hydrogen) atoms. The molecule has 2 aliphatic heterocycles. The maximum absolute atomic E-state index is 12.7. The lowest BCUT2D eigenvalue weighted by molar-refractivity contribution is -0.133. The molecule has 1 aromatic carbocycles. The number of amides is 1. The van der Waals surface area contributed by atoms with Crippen molar-refractivity contribution in [2.45, 2.75) is 13.3 Å². The quantitative estimate of drug-likeness (QED) is 0.857. The second-order valence-corrected chi connectivity index (χ2v) is 5.41. The summed E-state index contributed by atoms with van der Waals surface area (Å²) in [6.45, 7) is 3.21. The molecule has 5 heteroatoms. The van der Waals surface area contributed by atoms with E-state index >= 15 is 0 Å². The lowest BCUT2D eigenvalue weighted by atomic mass is 9.90. The van der Waals surface area contributed by atoms with Crippen molar-refractivity contribution in [2.75, 3.05) is 20.2 Å². The molecule has 0 radical (unpaired) electrons. The number of ether oxygens (including phenoxy) is 1. The van der Waals surface area contributed by atoms with Gasteiger partial charge in [0, 0.05) is 30.1 Å². The molecule has 3 rings (SSSR count). The third kappa shape index (κ3) is 2.28. The standard InChI is InChI=1S/C16H18N2O3/c1-10-9-13(15-17-7-8-18(15)16(10)20)14(19)11-3-5-12(21-2)6-4-11/h3-6,10,17H,7-9H2,1-2H3/t10-/m0/s1. The van der Waals surface area contributed by atoms with E-state index in [1.807, 2.05) is 6.92 Å². The smallest absolute Gasteiger partial charge is 0.231 e. The highest BCUT2D eigenvalue weighted by molar-refractivity contribution is 6.10. The minimum absolute atomic E-state index is 0.0218. The van der Waals surface area contributed by atoms with Gasteiger partial charge in [0.15, 0.2) is 5.78 Å². The first-order valence-electron chi connectivity index (χ1n) is 7.09. The predicted octanol–water partition coefficient (Wildman–Crippen LogP) is 1.56. The van der Waals surface area contributed by atoms with Crippen LogP contribution in [0.3, 0.4) is 0 Å². The Morgan fingerprint density at radius 1 is 1.33 bits per heavy atom. The van der Waals surface area contributed by atoms with Crippen molar-refractivity contribution in [2.24, 2.45) is 5.92 Å². The molecule has 0 spiro atoms. The second kappa shape index (κ2) is 5.24. The number of carbonyl (C=O) groups excluding carboxylic acids is 2. The Labute approximate surface area is 123 Å². The first-order chi connectivity index (χ1) is 10.1. The molecule has 0 aromatic heterocycles. The summed E-state index contributed by atoms with van der Waals surface area (Å²) in [7, 11) is 1.59. The average Bonchev–Trinajstić information content (AvgIpc) is 3.00. The zero-order chi connectivity index (χ0) is 15.0. The van der Waals surface area contributed by atoms with Crippen LogP contribution in [0.25, 0.3) is 0 Å². The highest BCUT2D eigenvalue weighted by Crippen LogP contribution is 2.30. The Hall–Kier alpha value is -2.30. The SMILES string of the molecule is COc1ccc(C(=O)C2=C3NCCN3C(=O)[C@@H](C)C2)cc1. The molecule has 110 valence electrons. The molecular weight excluding hydrogens is 268 g/mol. The van der Waals surface area contributed by atoms with Gasteiger partial charge in [-0.15, -0.1) is 0 Å². The van der Waals surface area contributed by atoms with Gasteiger partial charge < -0.3 is 10.1 Å². The van der Waals surface area contributed by atoms with Crippen LogP contribution >= 0.6 is 0 Å². The minimum atomic E-state index is -0.147. The van der Waals surface area contributed by atoms with E-state index in [0.29, 0.717) is 36.5 Å². The highest BCUT2D eigenvalue weighted by Gasteiger charge is 2.37. The molecule has 1 amide bonds. The van der Waals surface area contributed by atoms with Crippen LogP contribution in [0.15, 0.2) is 35.7 Å². The first-order valence-corrected chi connectivity index (χ1v) is 7.09. The number of ketones is 1. The molecule has 0 aliphatic carbocycles. The van der Waals surface area contributed by atoms with Crippen LogP contribution in [-0.2, 0) is 4.79 Å². The van der Waals surface area contributed by atoms with Crippen LogP contribution < -0.4 is 10.1 Å². The highest BCUT2D eigenvalue weighted by atomic mass is 16.5. The van der Waals surface area contributed by atoms with E-state index in [2.05, 4.69) is 5.32 Å². The molecule has 5 nitrogen and oxygen atoms in total. The molecule has 1 aromatic rings. The van der Waals surface area contributed by atoms with Gasteiger partial charge in [-0.25, -0.2) is 0 Å². The summed E-state index contributed by atoms with van der Waals surface area (Å²) < 4.78 is 5.11. The monoisotopic (exact) mass is 286 g/mol. The summed E-state index contributed by atoms with van der Waals surface area (Å²) in [6, 6.07) is 7.07. The normalized spacial score (nSPS) is 21.1. The number of methoxy groups -OCH3 is 1. The Balaban J connectivity index is 1.95. The number of fused-ring (bicyclic) bond motifs is 1. The largest absolute Gasteiger partial charge is 0.497 e. The average molecular weight is 286 g/mol. The fourth-order valence-corrected chi connectivity index (χ4v) is 2.86. The van der Waals surface area contributed by atoms with Crippen LogP contribution in [0.4, 0.5) is 0 Å². The third-order valence-corrected chi connectivity index (χ3v) is 4.01. The van der Waals surface area contributed by atoms with Gasteiger partial charge in [-0.3, -0.25) is 14.5 Å². The molecule has 1 N–H and O–H groups in total. The summed E-state index contributed by atoms with van der Waals surface area (Å²) in [4.78, 5) is 26.5. The van der Waals surface area contributed by atoms with Crippen molar-refractivity contribution in [1.82, 2.24) is 10.2 Å². The van der Waals surface area contributed by atoms with Crippen molar-refractivity contribution in [1.29, 1.82) is 0 Å². The Morgan fingerprint density at radius 3 is 2.71 bits per heavy atom. The number of rotatable bonds is 3. The zero-order valence-electron chi connectivity index (χ0n) is 12.2. The number of nitrogens with zero attached hydrogens (tertiary/aromatic N) is 1. The topological polar surface area (TPSA) is 58.6 Å². The third-order valence-electron chi connectivity index (χ3n) is 4.01. The maximum Gasteiger partial charge on any atom is 0.231 e. The van der Waals surface area contributed by atoms with Crippen LogP contribution in [0.1, 0.15) is 23.7 Å². The number of hydrogen-bond acceptors (Lipinski definition) is 4. The summed E-state index contributed by atoms with van der Waals surface area (Å²) in [6.07, 6.45) is 0.489. The molecule has 1 saturated heterocycles. The van der Waals surface area contributed by atoms with Crippen molar-refractivity contribution < 1.29 is 14.3 Å². The van der Waals surface area contributed by atoms with Gasteiger partial charge in [0.05, 0.1) is 7.11 Å². The summed E-state index contributed by atoms with van der Waals surface area (Å²) in [5, 5.41) is 3.17. The maximum atomic E-state index is 12.7. The molecule has 0 saturated carbocycles. The lowest BCUT2D eigenvalue weighted by Crippen LogP contribution is -2.39. The van der Waals surface area contributed by atoms with Gasteiger partial charge in [0.2, 0.25) is 5.91 Å². The van der Waals surface area contributed by atoms with Gasteiger partial charge in [-0.1, -0.05) is 6.92 Å². The number of Topliss-reactive ketones (excluding diaryl/α,β-unsaturated/α-hetero) is 1. The molecule has 2 heterocycles. The van der Waals surface area contributed by atoms with Crippen LogP contribution in [0.5, 0.6) is 5.75 Å². The number of carbonyl (C=O) groups is 2. The fourth-order valence-electron chi connectivity index (χ4n) is 2.86. The number of allylic oxidation sites excluding steroid dienone is 1. The van der Waals surface area contributed by atoms with E-state index in [1.54, 1.807) is 36.3 Å². The van der Waals surface area contributed by atoms with Crippen molar-refractivity contribution in [3.8, 4) is 5.75 Å². The summed E-state index contributed by atoms with van der Waals surface area (Å²) in [5.74, 6) is 1.34. The Morgan fingerprint density at radius 2 is 2.05 bits per heavy atom. The fraction of sp³-hybridized carbons (Fsp3) is 0.375. The molecule has 2 aliphatic rings. The number of nitrogens with one attached hydrogen (secondary N) is 1. The van der Waals surface area contributed by atoms with Gasteiger partial charge in [0.25, 0.3) is 0 Å². The van der Waals surface area contributed by atoms with E-state index < -0.39 is 0 Å². The van der Waals surface area contributed by atoms with Crippen molar-refractivity contribution in [3.05, 3.63) is 41.2 Å². The van der Waals surface area contributed by atoms with Gasteiger partial charge in [-0.2, -0.15) is 0 Å². The minimum Gasteiger partial charge on any atom is -0.497 e. The van der Waals surface area contributed by atoms with Gasteiger partial charge in [0.1, 0.15) is 11.6 Å². The number of hydrogen-bond donors (Lipinski definition) is 1. The molecule has 1 fully saturated rings. The molecule has 0 unspecified atom stereocenters. The number of benzene rings is 1. The van der Waals surface area contributed by atoms with Gasteiger partial charge in [-0.05, 0) is 30.7 Å².